The van der Waals surface area contributed by atoms with Crippen molar-refractivity contribution in [1.82, 2.24) is 14.9 Å². The van der Waals surface area contributed by atoms with E-state index in [1.807, 2.05) is 12.2 Å². The topological polar surface area (TPSA) is 97.6 Å². The number of nitrogens with one attached hydrogen (secondary N) is 1. The van der Waals surface area contributed by atoms with Crippen molar-refractivity contribution in [3.8, 4) is 11.5 Å². The van der Waals surface area contributed by atoms with Crippen LogP contribution in [0.3, 0.4) is 0 Å². The molecule has 2 amide bonds. The van der Waals surface area contributed by atoms with E-state index >= 15 is 0 Å². The van der Waals surface area contributed by atoms with Crippen molar-refractivity contribution in [2.45, 2.75) is 25.9 Å². The van der Waals surface area contributed by atoms with Gasteiger partial charge in [0.05, 0.1) is 24.2 Å². The number of likely N-dealkylation sites (tertiary alicyclic amines) is 1. The summed E-state index contributed by atoms with van der Waals surface area (Å²) in [7, 11) is 0. The first kappa shape index (κ1) is 25.9. The summed E-state index contributed by atoms with van der Waals surface area (Å²) in [6, 6.07) is 11.2. The molecule has 0 bridgehead atoms. The number of halogens is 3. The maximum Gasteiger partial charge on any atom is 0.452 e. The summed E-state index contributed by atoms with van der Waals surface area (Å²) in [6.45, 7) is 3.42. The molecule has 2 aromatic heterocycles. The van der Waals surface area contributed by atoms with Gasteiger partial charge in [0.2, 0.25) is 11.7 Å². The quantitative estimate of drug-likeness (QED) is 0.422. The van der Waals surface area contributed by atoms with Crippen molar-refractivity contribution in [2.24, 2.45) is 5.92 Å². The van der Waals surface area contributed by atoms with E-state index in [1.165, 1.54) is 24.4 Å². The number of allylic oxidation sites excluding steroid dienone is 1. The standard InChI is InChI=1S/C26H25F3N4O4/c1-2-36-25(35)33-14-13-17(16-33)7-6-10-19-11-12-20(15-30-19)31-23(34)21-22(26(27,28)29)37-24(32-21)18-8-4-3-5-9-18/h3-6,8-12,15,17H,2,7,13-14,16H2,1H3,(H,31,34)/b10-6+/t17-/m0/s1. The van der Waals surface area contributed by atoms with Gasteiger partial charge in [-0.1, -0.05) is 24.3 Å². The smallest absolute Gasteiger partial charge is 0.450 e. The van der Waals surface area contributed by atoms with Crippen LogP contribution in [-0.2, 0) is 10.9 Å². The predicted molar refractivity (Wildman–Crippen MR) is 129 cm³/mol. The molecule has 0 spiro atoms. The highest BCUT2D eigenvalue weighted by Crippen LogP contribution is 2.35. The number of oxazole rings is 1. The predicted octanol–water partition coefficient (Wildman–Crippen LogP) is 5.89. The number of alkyl halides is 3. The molecule has 1 atom stereocenters. The van der Waals surface area contributed by atoms with Crippen molar-refractivity contribution < 1.29 is 31.9 Å². The highest BCUT2D eigenvalue weighted by atomic mass is 19.4. The first-order valence-corrected chi connectivity index (χ1v) is 11.7. The van der Waals surface area contributed by atoms with Gasteiger partial charge in [0.25, 0.3) is 5.91 Å². The normalized spacial score (nSPS) is 15.8. The zero-order valence-electron chi connectivity index (χ0n) is 20.0. The van der Waals surface area contributed by atoms with E-state index in [9.17, 15) is 22.8 Å². The van der Waals surface area contributed by atoms with Crippen LogP contribution in [0.2, 0.25) is 0 Å². The number of ether oxygens (including phenoxy) is 1. The number of pyridine rings is 1. The number of nitrogens with zero attached hydrogens (tertiary/aromatic N) is 3. The van der Waals surface area contributed by atoms with Gasteiger partial charge in [0.15, 0.2) is 5.69 Å². The minimum absolute atomic E-state index is 0.209. The van der Waals surface area contributed by atoms with Crippen molar-refractivity contribution in [3.63, 3.8) is 0 Å². The summed E-state index contributed by atoms with van der Waals surface area (Å²) < 4.78 is 50.4. The van der Waals surface area contributed by atoms with Crippen LogP contribution in [0, 0.1) is 5.92 Å². The summed E-state index contributed by atoms with van der Waals surface area (Å²) in [5.41, 5.74) is 0.280. The van der Waals surface area contributed by atoms with E-state index in [0.29, 0.717) is 36.9 Å². The van der Waals surface area contributed by atoms with Crippen molar-refractivity contribution >= 4 is 23.8 Å². The van der Waals surface area contributed by atoms with E-state index in [1.54, 1.807) is 36.1 Å². The molecule has 1 aromatic carbocycles. The van der Waals surface area contributed by atoms with Crippen LogP contribution < -0.4 is 5.32 Å². The summed E-state index contributed by atoms with van der Waals surface area (Å²) >= 11 is 0. The summed E-state index contributed by atoms with van der Waals surface area (Å²) in [6.07, 6.45) is 1.56. The summed E-state index contributed by atoms with van der Waals surface area (Å²) in [5.74, 6) is -2.50. The zero-order valence-corrected chi connectivity index (χ0v) is 20.0. The molecule has 1 aliphatic rings. The minimum atomic E-state index is -4.90. The number of amides is 2. The van der Waals surface area contributed by atoms with E-state index in [-0.39, 0.29) is 17.7 Å². The first-order chi connectivity index (χ1) is 17.7. The fourth-order valence-electron chi connectivity index (χ4n) is 3.93. The molecule has 1 aliphatic heterocycles. The van der Waals surface area contributed by atoms with Crippen LogP contribution in [0.15, 0.2) is 59.2 Å². The fraction of sp³-hybridized carbons (Fsp3) is 0.308. The third kappa shape index (κ3) is 6.54. The van der Waals surface area contributed by atoms with Gasteiger partial charge in [-0.05, 0) is 56.0 Å². The number of rotatable bonds is 7. The van der Waals surface area contributed by atoms with Crippen molar-refractivity contribution in [2.75, 3.05) is 25.0 Å². The number of aromatic nitrogens is 2. The van der Waals surface area contributed by atoms with Crippen LogP contribution in [0.25, 0.3) is 17.5 Å². The summed E-state index contributed by atoms with van der Waals surface area (Å²) in [5, 5.41) is 2.39. The molecule has 4 rings (SSSR count). The van der Waals surface area contributed by atoms with E-state index in [2.05, 4.69) is 15.3 Å². The van der Waals surface area contributed by atoms with Crippen LogP contribution in [-0.4, -0.2) is 46.6 Å². The van der Waals surface area contributed by atoms with Crippen molar-refractivity contribution in [3.05, 3.63) is 71.9 Å². The van der Waals surface area contributed by atoms with E-state index in [0.717, 1.165) is 12.8 Å². The lowest BCUT2D eigenvalue weighted by molar-refractivity contribution is -0.153. The average molecular weight is 515 g/mol. The molecule has 0 unspecified atom stereocenters. The molecule has 1 saturated heterocycles. The van der Waals surface area contributed by atoms with E-state index < -0.39 is 23.5 Å². The Bertz CT molecular complexity index is 1260. The highest BCUT2D eigenvalue weighted by Gasteiger charge is 2.42. The van der Waals surface area contributed by atoms with Gasteiger partial charge in [0, 0.05) is 18.7 Å². The SMILES string of the molecule is CCOC(=O)N1CC[C@H](C/C=C/c2ccc(NC(=O)c3nc(-c4ccccc4)oc3C(F)(F)F)cn2)C1. The number of benzene rings is 1. The number of carbonyl (C=O) groups is 2. The Hall–Kier alpha value is -4.15. The number of carbonyl (C=O) groups excluding carboxylic acids is 2. The lowest BCUT2D eigenvalue weighted by atomic mass is 10.0. The maximum atomic E-state index is 13.5. The Morgan fingerprint density at radius 3 is 2.68 bits per heavy atom. The molecule has 1 fully saturated rings. The van der Waals surface area contributed by atoms with Gasteiger partial charge in [0.1, 0.15) is 0 Å². The van der Waals surface area contributed by atoms with Gasteiger partial charge < -0.3 is 19.4 Å². The van der Waals surface area contributed by atoms with Crippen LogP contribution in [0.4, 0.5) is 23.7 Å². The van der Waals surface area contributed by atoms with Gasteiger partial charge in [-0.25, -0.2) is 9.78 Å². The minimum Gasteiger partial charge on any atom is -0.450 e. The number of anilines is 1. The number of hydrogen-bond donors (Lipinski definition) is 1. The third-order valence-electron chi connectivity index (χ3n) is 5.73. The first-order valence-electron chi connectivity index (χ1n) is 11.7. The van der Waals surface area contributed by atoms with Crippen molar-refractivity contribution in [1.29, 1.82) is 0 Å². The molecular formula is C26H25F3N4O4. The van der Waals surface area contributed by atoms with Crippen LogP contribution in [0.5, 0.6) is 0 Å². The molecule has 8 nitrogen and oxygen atoms in total. The lowest BCUT2D eigenvalue weighted by Crippen LogP contribution is -2.29. The molecule has 3 aromatic rings. The molecular weight excluding hydrogens is 489 g/mol. The molecule has 3 heterocycles. The monoisotopic (exact) mass is 514 g/mol. The number of hydrogen-bond acceptors (Lipinski definition) is 6. The zero-order chi connectivity index (χ0) is 26.4. The second kappa shape index (κ2) is 11.3. The lowest BCUT2D eigenvalue weighted by Gasteiger charge is -2.15. The molecule has 11 heteroatoms. The average Bonchev–Trinajstić information content (AvgIpc) is 3.54. The van der Waals surface area contributed by atoms with Gasteiger partial charge in [-0.2, -0.15) is 13.2 Å². The second-order valence-electron chi connectivity index (χ2n) is 8.42. The Balaban J connectivity index is 1.37. The Kier molecular flexibility index (Phi) is 7.90. The van der Waals surface area contributed by atoms with Gasteiger partial charge >= 0.3 is 12.3 Å². The van der Waals surface area contributed by atoms with Gasteiger partial charge in [-0.3, -0.25) is 9.78 Å². The van der Waals surface area contributed by atoms with Crippen LogP contribution >= 0.6 is 0 Å². The third-order valence-corrected chi connectivity index (χ3v) is 5.73. The Morgan fingerprint density at radius 1 is 1.22 bits per heavy atom. The summed E-state index contributed by atoms with van der Waals surface area (Å²) in [4.78, 5) is 34.2. The maximum absolute atomic E-state index is 13.5. The van der Waals surface area contributed by atoms with Gasteiger partial charge in [-0.15, -0.1) is 0 Å². The largest absolute Gasteiger partial charge is 0.452 e. The Morgan fingerprint density at radius 2 is 2.00 bits per heavy atom. The molecule has 194 valence electrons. The molecule has 1 N–H and O–H groups in total. The fourth-order valence-corrected chi connectivity index (χ4v) is 3.93. The Labute approximate surface area is 211 Å². The van der Waals surface area contributed by atoms with Crippen LogP contribution in [0.1, 0.15) is 41.7 Å². The molecule has 0 aliphatic carbocycles. The molecule has 0 saturated carbocycles. The molecule has 0 radical (unpaired) electrons. The highest BCUT2D eigenvalue weighted by molar-refractivity contribution is 6.03. The molecule has 37 heavy (non-hydrogen) atoms. The second-order valence-corrected chi connectivity index (χ2v) is 8.42. The van der Waals surface area contributed by atoms with E-state index in [4.69, 9.17) is 9.15 Å².